The number of sulfone groups is 2. The number of aliphatic hydroxyl groups excluding tert-OH is 2. The maximum atomic E-state index is 12.2. The number of carbonyl (C=O) groups is 3. The van der Waals surface area contributed by atoms with Crippen molar-refractivity contribution in [2.75, 3.05) is 153 Å². The molecule has 8 heterocycles. The Labute approximate surface area is 846 Å². The first kappa shape index (κ1) is 134. The van der Waals surface area contributed by atoms with Gasteiger partial charge in [0.1, 0.15) is 15.4 Å². The number of hydrogen-bond donors (Lipinski definition) is 6. The molecular formula is C113H228N6O14S3. The predicted octanol–water partition coefficient (Wildman–Crippen LogP) is 23.3. The van der Waals surface area contributed by atoms with Crippen LogP contribution in [0.2, 0.25) is 0 Å². The topological polar surface area (TPSA) is 281 Å². The summed E-state index contributed by atoms with van der Waals surface area (Å²) in [5.41, 5.74) is 5.62. The van der Waals surface area contributed by atoms with Gasteiger partial charge in [-0.15, -0.1) is 0 Å². The Morgan fingerprint density at radius 3 is 1.12 bits per heavy atom. The fraction of sp³-hybridized carbons (Fsp3) is 0.973. The van der Waals surface area contributed by atoms with Crippen molar-refractivity contribution >= 4 is 49.2 Å². The van der Waals surface area contributed by atoms with Crippen LogP contribution >= 0.6 is 11.8 Å². The molecule has 0 aromatic carbocycles. The minimum atomic E-state index is -2.71. The number of hydrogen-bond acceptors (Lipinski definition) is 18. The highest BCUT2D eigenvalue weighted by Gasteiger charge is 2.37. The Morgan fingerprint density at radius 1 is 0.412 bits per heavy atom. The third kappa shape index (κ3) is 75.0. The molecule has 1 atom stereocenters. The number of nitrogens with two attached hydrogens (primary N) is 1. The lowest BCUT2D eigenvalue weighted by Crippen LogP contribution is -2.48. The average molecular weight is 1990 g/mol. The van der Waals surface area contributed by atoms with E-state index in [2.05, 4.69) is 227 Å². The largest absolute Gasteiger partial charge is 0.396 e. The van der Waals surface area contributed by atoms with Crippen LogP contribution in [0.1, 0.15) is 416 Å². The van der Waals surface area contributed by atoms with Crippen LogP contribution in [0.15, 0.2) is 0 Å². The van der Waals surface area contributed by atoms with Gasteiger partial charge in [-0.05, 0) is 329 Å². The molecule has 2 saturated carbocycles. The van der Waals surface area contributed by atoms with Gasteiger partial charge in [-0.2, -0.15) is 11.8 Å². The van der Waals surface area contributed by atoms with Crippen molar-refractivity contribution < 1.29 is 66.2 Å². The zero-order valence-corrected chi connectivity index (χ0v) is 98.0. The highest BCUT2D eigenvalue weighted by Crippen LogP contribution is 2.42. The standard InChI is InChI=1S/C15H28N2O2.C14H28O.C13H25NO2.C11H22N2O.C10H20O2S.C9H19NO2S.2C9H18O.C9H18S.C8H18O.C6H14O/c1-13(2)11-14-3-5-17(6-4-14)15(18)12-16-7-9-19-10-8-16;1-13(2,3)10-11-6-8-12(9-7-11)14(4,5)15;1-10(2)9-11-5-7-14(8-6-11)12(15)13(3,4)16;1-11(2,3)8-13-5-4-9(7-12)6-10(13)14;1-10(2,3)8-9-4-6-13(11,12)7-5-9;1-9(2,3)8-10-4-6-13(11,12)7-5-10;1-9(2,3)6-7-4-8(10)5-7;2*1-8(2)7-9-3-5-10-6-4-9;1-7(2,3)6-8(4,5)9;1-6(2,3)4-5-7/h13-14H,3-12H2,1-2H3;11-12,15H,6-10H2,1-5H3;10-11,16H,5-9H2,1-4H3;9H,4-8,12H2,1-3H3;9H,4-8H2,1-3H3;4-8H2,1-3H3;7-8,10H,4-6H2,1-3H3;2*8-9H,3-7H2,1-2H3;9H,6H2,1-5H3;7H,4-5H2,1-3H3. The Hall–Kier alpha value is -1.74. The van der Waals surface area contributed by atoms with E-state index < -0.39 is 36.5 Å². The maximum Gasteiger partial charge on any atom is 0.253 e. The summed E-state index contributed by atoms with van der Waals surface area (Å²) < 4.78 is 55.2. The molecule has 0 aromatic heterocycles. The molecule has 0 bridgehead atoms. The normalized spacial score (nSPS) is 23.1. The first-order valence-electron chi connectivity index (χ1n) is 54.5. The quantitative estimate of drug-likeness (QED) is 0.0660. The van der Waals surface area contributed by atoms with Gasteiger partial charge >= 0.3 is 0 Å². The van der Waals surface area contributed by atoms with Crippen molar-refractivity contribution in [2.24, 2.45) is 121 Å². The van der Waals surface area contributed by atoms with Crippen LogP contribution in [0.5, 0.6) is 0 Å². The molecule has 0 aromatic rings. The highest BCUT2D eigenvalue weighted by atomic mass is 32.2. The Morgan fingerprint density at radius 2 is 0.787 bits per heavy atom. The van der Waals surface area contributed by atoms with Crippen molar-refractivity contribution in [2.45, 2.75) is 439 Å². The number of rotatable bonds is 20. The Bertz CT molecular complexity index is 3190. The lowest BCUT2D eigenvalue weighted by atomic mass is 9.71. The molecule has 23 heteroatoms. The van der Waals surface area contributed by atoms with Crippen molar-refractivity contribution in [3.05, 3.63) is 0 Å². The second-order valence-electron chi connectivity index (χ2n) is 54.9. The summed E-state index contributed by atoms with van der Waals surface area (Å²) in [5.74, 6) is 14.9. The van der Waals surface area contributed by atoms with Crippen LogP contribution in [0, 0.1) is 115 Å². The van der Waals surface area contributed by atoms with E-state index >= 15 is 0 Å². The summed E-state index contributed by atoms with van der Waals surface area (Å²) in [7, 11) is -5.38. The molecule has 136 heavy (non-hydrogen) atoms. The number of thioether (sulfide) groups is 1. The molecule has 10 fully saturated rings. The van der Waals surface area contributed by atoms with E-state index in [0.29, 0.717) is 108 Å². The lowest BCUT2D eigenvalue weighted by Gasteiger charge is -2.37. The van der Waals surface area contributed by atoms with E-state index in [1.165, 1.54) is 114 Å². The van der Waals surface area contributed by atoms with Crippen LogP contribution in [0.3, 0.4) is 0 Å². The third-order valence-electron chi connectivity index (χ3n) is 26.8. The van der Waals surface area contributed by atoms with Gasteiger partial charge in [0.15, 0.2) is 9.84 Å². The number of aliphatic hydroxyl groups is 5. The highest BCUT2D eigenvalue weighted by molar-refractivity contribution is 7.99. The van der Waals surface area contributed by atoms with E-state index in [-0.39, 0.29) is 34.2 Å². The molecule has 3 amide bonds. The first-order valence-corrected chi connectivity index (χ1v) is 59.3. The van der Waals surface area contributed by atoms with E-state index in [9.17, 15) is 46.5 Å². The van der Waals surface area contributed by atoms with Crippen molar-refractivity contribution in [3.63, 3.8) is 0 Å². The third-order valence-corrected chi connectivity index (χ3v) is 31.1. The molecule has 8 aliphatic heterocycles. The van der Waals surface area contributed by atoms with E-state index in [1.807, 2.05) is 32.6 Å². The van der Waals surface area contributed by atoms with Crippen LogP contribution in [-0.2, 0) is 43.5 Å². The molecule has 10 rings (SSSR count). The molecular weight excluding hydrogens is 1760 g/mol. The van der Waals surface area contributed by atoms with Gasteiger partial charge in [0, 0.05) is 98.2 Å². The SMILES string of the molecule is CC(C)(C)CC(C)(C)O.CC(C)(C)CC1CC(O)C1.CC(C)(C)CC1CCC(C(C)(C)O)CC1.CC(C)(C)CC1CCS(=O)(=O)CC1.CC(C)(C)CCO.CC(C)(C)CN1CCC(CN)CC1=O.CC(C)(C)CN1CCS(=O)(=O)CC1.CC(C)CC1CCN(C(=O)C(C)(C)O)CC1.CC(C)CC1CCN(C(=O)CN2CCOCC2)CC1.CC(C)CC1CCOCC1.CC(C)CC1CCSCC1. The minimum Gasteiger partial charge on any atom is -0.396 e. The number of piperidine rings is 3. The van der Waals surface area contributed by atoms with E-state index in [4.69, 9.17) is 25.4 Å². The fourth-order valence-corrected chi connectivity index (χ4v) is 24.7. The summed E-state index contributed by atoms with van der Waals surface area (Å²) in [6.07, 6.45) is 31.6. The fourth-order valence-electron chi connectivity index (χ4n) is 20.6. The van der Waals surface area contributed by atoms with Crippen molar-refractivity contribution in [1.82, 2.24) is 24.5 Å². The molecule has 812 valence electrons. The number of carbonyl (C=O) groups excluding carboxylic acids is 3. The summed E-state index contributed by atoms with van der Waals surface area (Å²) >= 11 is 2.13. The summed E-state index contributed by atoms with van der Waals surface area (Å²) in [5, 5.41) is 46.4. The summed E-state index contributed by atoms with van der Waals surface area (Å²) in [4.78, 5) is 46.1. The Kier molecular flexibility index (Phi) is 63.6. The van der Waals surface area contributed by atoms with Gasteiger partial charge in [0.25, 0.3) is 5.91 Å². The second-order valence-corrected chi connectivity index (χ2v) is 60.8. The first-order chi connectivity index (χ1) is 61.9. The van der Waals surface area contributed by atoms with Crippen LogP contribution < -0.4 is 5.73 Å². The van der Waals surface area contributed by atoms with Gasteiger partial charge < -0.3 is 60.3 Å². The zero-order chi connectivity index (χ0) is 105. The molecule has 7 N–H and O–H groups in total. The number of morpholine rings is 1. The van der Waals surface area contributed by atoms with Crippen LogP contribution in [0.4, 0.5) is 0 Å². The molecule has 2 aliphatic carbocycles. The van der Waals surface area contributed by atoms with Gasteiger partial charge in [-0.1, -0.05) is 214 Å². The Balaban J connectivity index is 0.00000149. The van der Waals surface area contributed by atoms with Gasteiger partial charge in [-0.3, -0.25) is 19.3 Å². The van der Waals surface area contributed by atoms with Gasteiger partial charge in [0.05, 0.1) is 60.1 Å². The molecule has 20 nitrogen and oxygen atoms in total. The van der Waals surface area contributed by atoms with Crippen molar-refractivity contribution in [1.29, 1.82) is 0 Å². The molecule has 10 aliphatic rings. The zero-order valence-electron chi connectivity index (χ0n) is 95.6. The lowest BCUT2D eigenvalue weighted by molar-refractivity contribution is -0.149. The van der Waals surface area contributed by atoms with Crippen molar-refractivity contribution in [3.8, 4) is 0 Å². The van der Waals surface area contributed by atoms with E-state index in [1.54, 1.807) is 18.7 Å². The molecule has 8 saturated heterocycles. The summed E-state index contributed by atoms with van der Waals surface area (Å²) in [6.45, 7) is 89.8. The molecule has 1 unspecified atom stereocenters. The second kappa shape index (κ2) is 64.4. The number of ether oxygens (including phenoxy) is 2. The average Bonchev–Trinajstić information content (AvgIpc) is 0.912. The number of nitrogens with zero attached hydrogens (tertiary/aromatic N) is 5. The predicted molar refractivity (Wildman–Crippen MR) is 582 cm³/mol. The van der Waals surface area contributed by atoms with E-state index in [0.717, 1.165) is 209 Å². The molecule has 0 radical (unpaired) electrons. The van der Waals surface area contributed by atoms with Gasteiger partial charge in [-0.25, -0.2) is 16.8 Å². The van der Waals surface area contributed by atoms with Gasteiger partial charge in [0.2, 0.25) is 11.8 Å². The minimum absolute atomic E-state index is 0.0207. The van der Waals surface area contributed by atoms with Crippen LogP contribution in [-0.4, -0.2) is 260 Å². The smallest absolute Gasteiger partial charge is 0.253 e. The number of amides is 3. The monoisotopic (exact) mass is 1990 g/mol. The molecule has 0 spiro atoms. The summed E-state index contributed by atoms with van der Waals surface area (Å²) in [6, 6.07) is 0. The number of likely N-dealkylation sites (tertiary alicyclic amines) is 3. The maximum absolute atomic E-state index is 12.2. The van der Waals surface area contributed by atoms with Crippen LogP contribution in [0.25, 0.3) is 0 Å².